The summed E-state index contributed by atoms with van der Waals surface area (Å²) in [5.74, 6) is 1.86. The predicted molar refractivity (Wildman–Crippen MR) is 106 cm³/mol. The fraction of sp³-hybridized carbons (Fsp3) is 0.450. The zero-order chi connectivity index (χ0) is 17.5. The first-order valence-electron chi connectivity index (χ1n) is 9.37. The average Bonchev–Trinajstić information content (AvgIpc) is 3.27. The summed E-state index contributed by atoms with van der Waals surface area (Å²) < 4.78 is 0. The zero-order valence-electron chi connectivity index (χ0n) is 15.0. The van der Waals surface area contributed by atoms with E-state index in [4.69, 9.17) is 0 Å². The Balaban J connectivity index is 1.40. The topological polar surface area (TPSA) is 45.2 Å². The van der Waals surface area contributed by atoms with Crippen LogP contribution in [-0.2, 0) is 6.54 Å². The Morgan fingerprint density at radius 1 is 1.15 bits per heavy atom. The number of piperidine rings is 1. The molecule has 0 radical (unpaired) electrons. The number of aryl methyl sites for hydroxylation is 1. The van der Waals surface area contributed by atoms with Crippen molar-refractivity contribution in [2.75, 3.05) is 24.5 Å². The molecule has 0 N–H and O–H groups in total. The van der Waals surface area contributed by atoms with Crippen LogP contribution < -0.4 is 4.90 Å². The molecular weight excluding hydrogens is 342 g/mol. The van der Waals surface area contributed by atoms with Crippen molar-refractivity contribution in [2.24, 2.45) is 5.92 Å². The number of hydrogen-bond acceptors (Lipinski definition) is 6. The van der Waals surface area contributed by atoms with Crippen LogP contribution in [0.4, 0.5) is 5.82 Å². The molecule has 6 heteroatoms. The largest absolute Gasteiger partial charge is 0.351 e. The molecule has 2 saturated heterocycles. The molecule has 0 spiro atoms. The lowest BCUT2D eigenvalue weighted by atomic mass is 9.92. The Kier molecular flexibility index (Phi) is 4.10. The van der Waals surface area contributed by atoms with Crippen LogP contribution in [0.25, 0.3) is 10.9 Å². The Bertz CT molecular complexity index is 918. The summed E-state index contributed by atoms with van der Waals surface area (Å²) in [5.41, 5.74) is 0.933. The first kappa shape index (κ1) is 16.1. The van der Waals surface area contributed by atoms with E-state index < -0.39 is 0 Å². The second-order valence-electron chi connectivity index (χ2n) is 7.44. The lowest BCUT2D eigenvalue weighted by Gasteiger charge is -2.39. The van der Waals surface area contributed by atoms with Gasteiger partial charge in [-0.05, 0) is 50.4 Å². The molecule has 5 nitrogen and oxygen atoms in total. The molecule has 2 atom stereocenters. The van der Waals surface area contributed by atoms with E-state index in [2.05, 4.69) is 43.8 Å². The molecule has 0 aromatic carbocycles. The highest BCUT2D eigenvalue weighted by atomic mass is 32.1. The van der Waals surface area contributed by atoms with E-state index in [-0.39, 0.29) is 0 Å². The van der Waals surface area contributed by atoms with Crippen LogP contribution in [0, 0.1) is 12.8 Å². The van der Waals surface area contributed by atoms with Gasteiger partial charge in [-0.2, -0.15) is 0 Å². The predicted octanol–water partition coefficient (Wildman–Crippen LogP) is 3.50. The van der Waals surface area contributed by atoms with Crippen LogP contribution in [0.15, 0.2) is 36.9 Å². The van der Waals surface area contributed by atoms with Gasteiger partial charge < -0.3 is 4.90 Å². The smallest absolute Gasteiger partial charge is 0.140 e. The summed E-state index contributed by atoms with van der Waals surface area (Å²) >= 11 is 1.92. The van der Waals surface area contributed by atoms with Gasteiger partial charge in [0.25, 0.3) is 0 Å². The van der Waals surface area contributed by atoms with Crippen molar-refractivity contribution in [3.63, 3.8) is 0 Å². The maximum Gasteiger partial charge on any atom is 0.140 e. The molecule has 3 aromatic rings. The van der Waals surface area contributed by atoms with Crippen molar-refractivity contribution >= 4 is 28.1 Å². The number of nitrogens with zero attached hydrogens (tertiary/aromatic N) is 5. The number of rotatable bonds is 3. The molecule has 0 aliphatic carbocycles. The minimum Gasteiger partial charge on any atom is -0.351 e. The van der Waals surface area contributed by atoms with Gasteiger partial charge in [-0.3, -0.25) is 9.88 Å². The van der Waals surface area contributed by atoms with Crippen LogP contribution >= 0.6 is 11.3 Å². The van der Waals surface area contributed by atoms with Crippen molar-refractivity contribution in [1.82, 2.24) is 19.9 Å². The molecule has 3 aromatic heterocycles. The van der Waals surface area contributed by atoms with Crippen molar-refractivity contribution in [3.05, 3.63) is 46.7 Å². The number of hydrogen-bond donors (Lipinski definition) is 0. The van der Waals surface area contributed by atoms with E-state index in [1.165, 1.54) is 29.1 Å². The van der Waals surface area contributed by atoms with E-state index in [1.54, 1.807) is 6.33 Å². The Labute approximate surface area is 157 Å². The second kappa shape index (κ2) is 6.59. The molecule has 2 fully saturated rings. The average molecular weight is 366 g/mol. The summed E-state index contributed by atoms with van der Waals surface area (Å²) in [6.45, 7) is 6.69. The van der Waals surface area contributed by atoms with Crippen molar-refractivity contribution < 1.29 is 0 Å². The summed E-state index contributed by atoms with van der Waals surface area (Å²) in [6, 6.07) is 7.11. The van der Waals surface area contributed by atoms with Gasteiger partial charge in [0, 0.05) is 47.0 Å². The van der Waals surface area contributed by atoms with E-state index in [0.717, 1.165) is 42.3 Å². The highest BCUT2D eigenvalue weighted by molar-refractivity contribution is 7.11. The van der Waals surface area contributed by atoms with Crippen LogP contribution in [0.3, 0.4) is 0 Å². The first-order valence-corrected chi connectivity index (χ1v) is 10.2. The number of thiophene rings is 1. The molecule has 5 rings (SSSR count). The van der Waals surface area contributed by atoms with Crippen LogP contribution in [-0.4, -0.2) is 45.5 Å². The van der Waals surface area contributed by atoms with Gasteiger partial charge in [0.05, 0.1) is 11.7 Å². The summed E-state index contributed by atoms with van der Waals surface area (Å²) in [7, 11) is 0. The molecular formula is C20H23N5S. The number of anilines is 1. The van der Waals surface area contributed by atoms with Crippen LogP contribution in [0.2, 0.25) is 0 Å². The van der Waals surface area contributed by atoms with E-state index in [9.17, 15) is 0 Å². The molecule has 26 heavy (non-hydrogen) atoms. The van der Waals surface area contributed by atoms with Gasteiger partial charge in [0.2, 0.25) is 0 Å². The third-order valence-corrected chi connectivity index (χ3v) is 6.80. The van der Waals surface area contributed by atoms with Crippen molar-refractivity contribution in [2.45, 2.75) is 32.4 Å². The third kappa shape index (κ3) is 2.87. The molecule has 0 amide bonds. The van der Waals surface area contributed by atoms with Crippen molar-refractivity contribution in [3.8, 4) is 0 Å². The molecule has 2 aliphatic rings. The molecule has 0 bridgehead atoms. The highest BCUT2D eigenvalue weighted by Gasteiger charge is 2.39. The second-order valence-corrected chi connectivity index (χ2v) is 8.81. The number of likely N-dealkylation sites (tertiary alicyclic amines) is 1. The molecule has 2 aliphatic heterocycles. The normalized spacial score (nSPS) is 23.5. The zero-order valence-corrected chi connectivity index (χ0v) is 15.8. The van der Waals surface area contributed by atoms with Crippen LogP contribution in [0.1, 0.15) is 22.6 Å². The maximum atomic E-state index is 4.66. The Morgan fingerprint density at radius 2 is 2.08 bits per heavy atom. The number of pyridine rings is 1. The molecule has 2 unspecified atom stereocenters. The summed E-state index contributed by atoms with van der Waals surface area (Å²) in [6.07, 6.45) is 7.92. The summed E-state index contributed by atoms with van der Waals surface area (Å²) in [5, 5.41) is 1.12. The van der Waals surface area contributed by atoms with Gasteiger partial charge in [0.15, 0.2) is 0 Å². The summed E-state index contributed by atoms with van der Waals surface area (Å²) in [4.78, 5) is 21.3. The van der Waals surface area contributed by atoms with Gasteiger partial charge in [-0.25, -0.2) is 9.97 Å². The molecule has 5 heterocycles. The van der Waals surface area contributed by atoms with Gasteiger partial charge in [-0.1, -0.05) is 0 Å². The lowest BCUT2D eigenvalue weighted by Crippen LogP contribution is -2.48. The van der Waals surface area contributed by atoms with E-state index in [1.807, 2.05) is 29.8 Å². The number of aromatic nitrogens is 3. The fourth-order valence-electron chi connectivity index (χ4n) is 4.53. The Morgan fingerprint density at radius 3 is 2.96 bits per heavy atom. The minimum atomic E-state index is 0.552. The molecule has 134 valence electrons. The maximum absolute atomic E-state index is 4.66. The van der Waals surface area contributed by atoms with Crippen LogP contribution in [0.5, 0.6) is 0 Å². The minimum absolute atomic E-state index is 0.552. The van der Waals surface area contributed by atoms with E-state index in [0.29, 0.717) is 6.04 Å². The monoisotopic (exact) mass is 365 g/mol. The van der Waals surface area contributed by atoms with Gasteiger partial charge in [-0.15, -0.1) is 11.3 Å². The van der Waals surface area contributed by atoms with Gasteiger partial charge >= 0.3 is 0 Å². The standard InChI is InChI=1S/C20H23N5S/c1-14-2-3-16(26-14)11-24-8-5-15-6-9-25(19(15)12-24)20-17-4-7-21-10-18(17)22-13-23-20/h2-4,7,10,13,15,19H,5-6,8-9,11-12H2,1H3. The quantitative estimate of drug-likeness (QED) is 0.711. The third-order valence-electron chi connectivity index (χ3n) is 5.81. The SMILES string of the molecule is Cc1ccc(CN2CCC3CCN(c4ncnc5cnccc45)C3C2)s1. The van der Waals surface area contributed by atoms with E-state index >= 15 is 0 Å². The molecule has 0 saturated carbocycles. The lowest BCUT2D eigenvalue weighted by molar-refractivity contribution is 0.169. The highest BCUT2D eigenvalue weighted by Crippen LogP contribution is 2.37. The first-order chi connectivity index (χ1) is 12.8. The Hall–Kier alpha value is -2.05. The van der Waals surface area contributed by atoms with Crippen molar-refractivity contribution in [1.29, 1.82) is 0 Å². The number of fused-ring (bicyclic) bond motifs is 2. The van der Waals surface area contributed by atoms with Gasteiger partial charge in [0.1, 0.15) is 12.1 Å². The fourth-order valence-corrected chi connectivity index (χ4v) is 5.46.